The van der Waals surface area contributed by atoms with Crippen LogP contribution in [0, 0.1) is 25.0 Å². The zero-order chi connectivity index (χ0) is 14.6. The molecule has 0 saturated carbocycles. The molecule has 19 heavy (non-hydrogen) atoms. The predicted octanol–water partition coefficient (Wildman–Crippen LogP) is 3.13. The van der Waals surface area contributed by atoms with Crippen molar-refractivity contribution in [2.24, 2.45) is 0 Å². The fraction of sp³-hybridized carbons (Fsp3) is 0.357. The summed E-state index contributed by atoms with van der Waals surface area (Å²) in [5, 5.41) is 2.66. The molecule has 1 aromatic rings. The maximum absolute atomic E-state index is 11.2. The Balaban J connectivity index is 3.36. The van der Waals surface area contributed by atoms with Gasteiger partial charge in [0.2, 0.25) is 11.6 Å². The Morgan fingerprint density at radius 2 is 2.11 bits per heavy atom. The maximum Gasteiger partial charge on any atom is 0.222 e. The standard InChI is InChI=1S/C14H17N3OSi/c1-10-13(15-3)9-12(7-8-19(4,5)6)14(16-10)17-11(2)18/h9H,1-2,4-6H3,(H,16,17,18). The van der Waals surface area contributed by atoms with Crippen LogP contribution in [-0.4, -0.2) is 19.0 Å². The Labute approximate surface area is 115 Å². The van der Waals surface area contributed by atoms with Gasteiger partial charge in [-0.1, -0.05) is 25.6 Å². The van der Waals surface area contributed by atoms with Gasteiger partial charge in [0.15, 0.2) is 0 Å². The lowest BCUT2D eigenvalue weighted by Gasteiger charge is -2.08. The second kappa shape index (κ2) is 5.68. The molecule has 0 saturated heterocycles. The first-order chi connectivity index (χ1) is 8.73. The third kappa shape index (κ3) is 4.57. The summed E-state index contributed by atoms with van der Waals surface area (Å²) in [6.07, 6.45) is 0. The van der Waals surface area contributed by atoms with Crippen molar-refractivity contribution in [1.82, 2.24) is 4.98 Å². The third-order valence-electron chi connectivity index (χ3n) is 2.17. The molecule has 0 fully saturated rings. The Hall–Kier alpha value is -2.11. The van der Waals surface area contributed by atoms with Crippen LogP contribution in [-0.2, 0) is 4.79 Å². The Bertz CT molecular complexity index is 613. The molecule has 0 unspecified atom stereocenters. The van der Waals surface area contributed by atoms with Gasteiger partial charge < -0.3 is 5.32 Å². The quantitative estimate of drug-likeness (QED) is 0.484. The molecule has 1 aromatic heterocycles. The van der Waals surface area contributed by atoms with Gasteiger partial charge in [0.05, 0.1) is 12.1 Å². The number of rotatable bonds is 1. The molecule has 0 spiro atoms. The average molecular weight is 271 g/mol. The average Bonchev–Trinajstić information content (AvgIpc) is 2.26. The van der Waals surface area contributed by atoms with Gasteiger partial charge in [-0.25, -0.2) is 9.83 Å². The van der Waals surface area contributed by atoms with Crippen molar-refractivity contribution in [3.05, 3.63) is 28.7 Å². The van der Waals surface area contributed by atoms with E-state index in [1.54, 1.807) is 13.0 Å². The molecule has 0 aliphatic carbocycles. The van der Waals surface area contributed by atoms with Crippen LogP contribution in [0.5, 0.6) is 0 Å². The van der Waals surface area contributed by atoms with E-state index in [9.17, 15) is 4.79 Å². The van der Waals surface area contributed by atoms with Crippen molar-refractivity contribution in [3.63, 3.8) is 0 Å². The van der Waals surface area contributed by atoms with Gasteiger partial charge in [-0.2, -0.15) is 0 Å². The van der Waals surface area contributed by atoms with Crippen molar-refractivity contribution in [1.29, 1.82) is 0 Å². The van der Waals surface area contributed by atoms with E-state index in [0.29, 0.717) is 22.8 Å². The minimum absolute atomic E-state index is 0.196. The Morgan fingerprint density at radius 3 is 2.58 bits per heavy atom. The fourth-order valence-corrected chi connectivity index (χ4v) is 1.83. The summed E-state index contributed by atoms with van der Waals surface area (Å²) in [5.74, 6) is 3.29. The highest BCUT2D eigenvalue weighted by Crippen LogP contribution is 2.23. The molecule has 1 heterocycles. The number of hydrogen-bond donors (Lipinski definition) is 1. The predicted molar refractivity (Wildman–Crippen MR) is 79.8 cm³/mol. The molecule has 0 bridgehead atoms. The van der Waals surface area contributed by atoms with Crippen molar-refractivity contribution in [2.75, 3.05) is 5.32 Å². The first-order valence-electron chi connectivity index (χ1n) is 5.93. The van der Waals surface area contributed by atoms with Crippen LogP contribution in [0.15, 0.2) is 6.07 Å². The van der Waals surface area contributed by atoms with Gasteiger partial charge >= 0.3 is 0 Å². The summed E-state index contributed by atoms with van der Waals surface area (Å²) in [6, 6.07) is 1.69. The number of aryl methyl sites for hydroxylation is 1. The van der Waals surface area contributed by atoms with Crippen molar-refractivity contribution in [2.45, 2.75) is 33.5 Å². The van der Waals surface area contributed by atoms with Crippen LogP contribution in [0.2, 0.25) is 19.6 Å². The first-order valence-corrected chi connectivity index (χ1v) is 9.43. The number of nitrogens with one attached hydrogen (secondary N) is 1. The van der Waals surface area contributed by atoms with Crippen LogP contribution >= 0.6 is 0 Å². The second-order valence-electron chi connectivity index (χ2n) is 5.28. The molecule has 0 atom stereocenters. The van der Waals surface area contributed by atoms with Gasteiger partial charge in [-0.05, 0) is 13.0 Å². The number of carbonyl (C=O) groups is 1. The van der Waals surface area contributed by atoms with Crippen molar-refractivity contribution < 1.29 is 4.79 Å². The van der Waals surface area contributed by atoms with Crippen LogP contribution < -0.4 is 5.32 Å². The van der Waals surface area contributed by atoms with E-state index in [2.05, 4.69) is 46.3 Å². The van der Waals surface area contributed by atoms with Crippen LogP contribution in [0.4, 0.5) is 11.5 Å². The number of aromatic nitrogens is 1. The topological polar surface area (TPSA) is 46.4 Å². The molecule has 1 rings (SSSR count). The highest BCUT2D eigenvalue weighted by Gasteiger charge is 2.11. The highest BCUT2D eigenvalue weighted by molar-refractivity contribution is 6.83. The molecule has 5 heteroatoms. The molecule has 0 aromatic carbocycles. The van der Waals surface area contributed by atoms with Crippen LogP contribution in [0.1, 0.15) is 18.2 Å². The maximum atomic E-state index is 11.2. The van der Waals surface area contributed by atoms with Crippen LogP contribution in [0.3, 0.4) is 0 Å². The molecular weight excluding hydrogens is 254 g/mol. The van der Waals surface area contributed by atoms with E-state index < -0.39 is 8.07 Å². The normalized spacial score (nSPS) is 10.1. The minimum Gasteiger partial charge on any atom is -0.310 e. The molecule has 0 aliphatic rings. The zero-order valence-corrected chi connectivity index (χ0v) is 12.9. The number of carbonyl (C=O) groups excluding carboxylic acids is 1. The molecule has 0 aliphatic heterocycles. The van der Waals surface area contributed by atoms with E-state index in [0.717, 1.165) is 0 Å². The largest absolute Gasteiger partial charge is 0.310 e. The lowest BCUT2D eigenvalue weighted by atomic mass is 10.2. The molecule has 4 nitrogen and oxygen atoms in total. The smallest absolute Gasteiger partial charge is 0.222 e. The monoisotopic (exact) mass is 271 g/mol. The summed E-state index contributed by atoms with van der Waals surface area (Å²) in [6.45, 7) is 16.7. The van der Waals surface area contributed by atoms with E-state index in [1.165, 1.54) is 6.92 Å². The van der Waals surface area contributed by atoms with E-state index in [4.69, 9.17) is 6.57 Å². The Kier molecular flexibility index (Phi) is 4.47. The van der Waals surface area contributed by atoms with E-state index in [-0.39, 0.29) is 5.91 Å². The molecule has 1 amide bonds. The van der Waals surface area contributed by atoms with Crippen molar-refractivity contribution >= 4 is 25.5 Å². The second-order valence-corrected chi connectivity index (χ2v) is 10.0. The van der Waals surface area contributed by atoms with Gasteiger partial charge in [0.1, 0.15) is 13.9 Å². The van der Waals surface area contributed by atoms with Crippen molar-refractivity contribution in [3.8, 4) is 11.5 Å². The Morgan fingerprint density at radius 1 is 1.47 bits per heavy atom. The summed E-state index contributed by atoms with van der Waals surface area (Å²) in [7, 11) is -1.52. The molecule has 98 valence electrons. The third-order valence-corrected chi connectivity index (χ3v) is 3.05. The van der Waals surface area contributed by atoms with Gasteiger partial charge in [0.25, 0.3) is 0 Å². The lowest BCUT2D eigenvalue weighted by Crippen LogP contribution is -2.16. The van der Waals surface area contributed by atoms with Gasteiger partial charge in [0, 0.05) is 12.6 Å². The minimum atomic E-state index is -1.52. The highest BCUT2D eigenvalue weighted by atomic mass is 28.3. The van der Waals surface area contributed by atoms with Gasteiger partial charge in [-0.3, -0.25) is 4.79 Å². The summed E-state index contributed by atoms with van der Waals surface area (Å²) in [4.78, 5) is 18.8. The SMILES string of the molecule is [C-]#[N+]c1cc(C#C[Si](C)(C)C)c(NC(C)=O)nc1C. The lowest BCUT2D eigenvalue weighted by molar-refractivity contribution is -0.114. The number of pyridine rings is 1. The number of amides is 1. The molecular formula is C14H17N3OSi. The first kappa shape index (κ1) is 14.9. The van der Waals surface area contributed by atoms with E-state index in [1.807, 2.05) is 0 Å². The molecule has 1 N–H and O–H groups in total. The number of nitrogens with zero attached hydrogens (tertiary/aromatic N) is 2. The number of hydrogen-bond acceptors (Lipinski definition) is 2. The molecule has 0 radical (unpaired) electrons. The summed E-state index contributed by atoms with van der Waals surface area (Å²) in [5.41, 5.74) is 4.88. The van der Waals surface area contributed by atoms with Crippen LogP contribution in [0.25, 0.3) is 4.85 Å². The van der Waals surface area contributed by atoms with Gasteiger partial charge in [-0.15, -0.1) is 5.54 Å². The zero-order valence-electron chi connectivity index (χ0n) is 11.9. The summed E-state index contributed by atoms with van der Waals surface area (Å²) < 4.78 is 0. The van der Waals surface area contributed by atoms with E-state index >= 15 is 0 Å². The fourth-order valence-electron chi connectivity index (χ4n) is 1.32. The summed E-state index contributed by atoms with van der Waals surface area (Å²) >= 11 is 0. The number of anilines is 1.